The topological polar surface area (TPSA) is 67.6 Å². The zero-order chi connectivity index (χ0) is 15.2. The van der Waals surface area contributed by atoms with Crippen LogP contribution in [0.15, 0.2) is 18.2 Å². The van der Waals surface area contributed by atoms with Crippen LogP contribution < -0.4 is 11.1 Å². The lowest BCUT2D eigenvalue weighted by molar-refractivity contribution is 0.0602. The summed E-state index contributed by atoms with van der Waals surface area (Å²) in [4.78, 5) is 14.3. The maximum atomic E-state index is 11.8. The maximum absolute atomic E-state index is 11.8. The number of methoxy groups -OCH3 is 1. The van der Waals surface area contributed by atoms with Crippen molar-refractivity contribution in [2.45, 2.75) is 32.2 Å². The lowest BCUT2D eigenvalue weighted by Gasteiger charge is -2.32. The maximum Gasteiger partial charge on any atom is 0.340 e. The van der Waals surface area contributed by atoms with E-state index < -0.39 is 0 Å². The van der Waals surface area contributed by atoms with E-state index in [1.54, 1.807) is 12.1 Å². The Morgan fingerprint density at radius 2 is 2.14 bits per heavy atom. The molecular weight excluding hydrogens is 266 g/mol. The van der Waals surface area contributed by atoms with Gasteiger partial charge in [-0.3, -0.25) is 0 Å². The highest BCUT2D eigenvalue weighted by molar-refractivity contribution is 5.96. The second kappa shape index (κ2) is 7.31. The zero-order valence-corrected chi connectivity index (χ0v) is 12.9. The van der Waals surface area contributed by atoms with Crippen LogP contribution in [0.1, 0.15) is 36.5 Å². The molecule has 116 valence electrons. The van der Waals surface area contributed by atoms with Crippen molar-refractivity contribution >= 4 is 17.3 Å². The van der Waals surface area contributed by atoms with Crippen molar-refractivity contribution < 1.29 is 9.53 Å². The Balaban J connectivity index is 2.02. The number of hydrogen-bond acceptors (Lipinski definition) is 5. The Labute approximate surface area is 126 Å². The third-order valence-electron chi connectivity index (χ3n) is 3.94. The van der Waals surface area contributed by atoms with Gasteiger partial charge in [0.15, 0.2) is 0 Å². The number of benzene rings is 1. The van der Waals surface area contributed by atoms with Crippen LogP contribution in [0.4, 0.5) is 11.4 Å². The first-order valence-corrected chi connectivity index (χ1v) is 7.60. The smallest absolute Gasteiger partial charge is 0.340 e. The number of ether oxygens (including phenoxy) is 1. The quantitative estimate of drug-likeness (QED) is 0.644. The molecule has 0 amide bonds. The van der Waals surface area contributed by atoms with Crippen molar-refractivity contribution in [2.75, 3.05) is 37.8 Å². The summed E-state index contributed by atoms with van der Waals surface area (Å²) in [7, 11) is 1.39. The van der Waals surface area contributed by atoms with Gasteiger partial charge in [-0.25, -0.2) is 4.79 Å². The van der Waals surface area contributed by atoms with E-state index >= 15 is 0 Å². The van der Waals surface area contributed by atoms with E-state index in [1.165, 1.54) is 20.1 Å². The molecule has 5 heteroatoms. The fourth-order valence-corrected chi connectivity index (χ4v) is 2.80. The zero-order valence-electron chi connectivity index (χ0n) is 12.9. The van der Waals surface area contributed by atoms with E-state index in [0.29, 0.717) is 17.3 Å². The van der Waals surface area contributed by atoms with Crippen LogP contribution in [-0.2, 0) is 4.74 Å². The van der Waals surface area contributed by atoms with Crippen LogP contribution >= 0.6 is 0 Å². The molecule has 21 heavy (non-hydrogen) atoms. The number of likely N-dealkylation sites (tertiary alicyclic amines) is 1. The van der Waals surface area contributed by atoms with E-state index in [2.05, 4.69) is 17.1 Å². The van der Waals surface area contributed by atoms with Gasteiger partial charge >= 0.3 is 5.97 Å². The molecule has 0 aliphatic carbocycles. The minimum Gasteiger partial charge on any atom is -0.465 e. The molecule has 1 heterocycles. The summed E-state index contributed by atoms with van der Waals surface area (Å²) in [5.41, 5.74) is 7.65. The van der Waals surface area contributed by atoms with Gasteiger partial charge in [0, 0.05) is 30.5 Å². The van der Waals surface area contributed by atoms with Crippen LogP contribution in [0.3, 0.4) is 0 Å². The third-order valence-corrected chi connectivity index (χ3v) is 3.94. The van der Waals surface area contributed by atoms with Gasteiger partial charge in [-0.15, -0.1) is 0 Å². The molecule has 0 atom stereocenters. The van der Waals surface area contributed by atoms with E-state index in [1.807, 2.05) is 6.07 Å². The van der Waals surface area contributed by atoms with Gasteiger partial charge in [0.2, 0.25) is 0 Å². The van der Waals surface area contributed by atoms with Crippen LogP contribution in [0.2, 0.25) is 0 Å². The SMILES string of the molecule is CCCN1CCC(Nc2ccc(N)cc2C(=O)OC)CC1. The first-order chi connectivity index (χ1) is 10.1. The number of carbonyl (C=O) groups excluding carboxylic acids is 1. The highest BCUT2D eigenvalue weighted by Gasteiger charge is 2.20. The number of anilines is 2. The number of nitrogen functional groups attached to an aromatic ring is 1. The highest BCUT2D eigenvalue weighted by Crippen LogP contribution is 2.23. The Morgan fingerprint density at radius 1 is 1.43 bits per heavy atom. The van der Waals surface area contributed by atoms with Crippen molar-refractivity contribution in [1.82, 2.24) is 4.90 Å². The molecule has 0 saturated carbocycles. The van der Waals surface area contributed by atoms with Gasteiger partial charge in [0.1, 0.15) is 0 Å². The molecule has 0 radical (unpaired) electrons. The molecule has 1 aliphatic rings. The first kappa shape index (κ1) is 15.6. The van der Waals surface area contributed by atoms with Crippen LogP contribution in [0.25, 0.3) is 0 Å². The minimum atomic E-state index is -0.354. The number of carbonyl (C=O) groups is 1. The van der Waals surface area contributed by atoms with Gasteiger partial charge in [-0.05, 0) is 44.0 Å². The van der Waals surface area contributed by atoms with E-state index in [-0.39, 0.29) is 5.97 Å². The Kier molecular flexibility index (Phi) is 5.44. The molecule has 1 fully saturated rings. The predicted molar refractivity (Wildman–Crippen MR) is 85.6 cm³/mol. The summed E-state index contributed by atoms with van der Waals surface area (Å²) < 4.78 is 4.83. The molecule has 0 aromatic heterocycles. The van der Waals surface area contributed by atoms with Crippen LogP contribution in [0, 0.1) is 0 Å². The standard InChI is InChI=1S/C16H25N3O2/c1-3-8-19-9-6-13(7-10-19)18-15-5-4-12(17)11-14(15)16(20)21-2/h4-5,11,13,18H,3,6-10,17H2,1-2H3. The second-order valence-electron chi connectivity index (χ2n) is 5.56. The number of nitrogens with one attached hydrogen (secondary N) is 1. The average molecular weight is 291 g/mol. The fraction of sp³-hybridized carbons (Fsp3) is 0.562. The summed E-state index contributed by atoms with van der Waals surface area (Å²) in [6, 6.07) is 5.73. The molecule has 0 bridgehead atoms. The van der Waals surface area contributed by atoms with Gasteiger partial charge in [0.25, 0.3) is 0 Å². The molecular formula is C16H25N3O2. The summed E-state index contributed by atoms with van der Waals surface area (Å²) in [6.07, 6.45) is 3.37. The number of nitrogens with zero attached hydrogens (tertiary/aromatic N) is 1. The Hall–Kier alpha value is -1.75. The molecule has 1 aliphatic heterocycles. The molecule has 1 aromatic rings. The largest absolute Gasteiger partial charge is 0.465 e. The molecule has 0 spiro atoms. The number of nitrogens with two attached hydrogens (primary N) is 1. The minimum absolute atomic E-state index is 0.354. The molecule has 2 rings (SSSR count). The lowest BCUT2D eigenvalue weighted by Crippen LogP contribution is -2.39. The highest BCUT2D eigenvalue weighted by atomic mass is 16.5. The molecule has 0 unspecified atom stereocenters. The van der Waals surface area contributed by atoms with Crippen LogP contribution in [0.5, 0.6) is 0 Å². The van der Waals surface area contributed by atoms with Crippen molar-refractivity contribution in [3.8, 4) is 0 Å². The van der Waals surface area contributed by atoms with Crippen molar-refractivity contribution in [3.05, 3.63) is 23.8 Å². The summed E-state index contributed by atoms with van der Waals surface area (Å²) in [5, 5.41) is 3.47. The van der Waals surface area contributed by atoms with E-state index in [9.17, 15) is 4.79 Å². The van der Waals surface area contributed by atoms with E-state index in [4.69, 9.17) is 10.5 Å². The number of hydrogen-bond donors (Lipinski definition) is 2. The normalized spacial score (nSPS) is 16.7. The summed E-state index contributed by atoms with van der Waals surface area (Å²) in [5.74, 6) is -0.354. The second-order valence-corrected chi connectivity index (χ2v) is 5.56. The monoisotopic (exact) mass is 291 g/mol. The predicted octanol–water partition coefficient (Wildman–Crippen LogP) is 2.34. The van der Waals surface area contributed by atoms with Crippen molar-refractivity contribution in [2.24, 2.45) is 0 Å². The number of rotatable bonds is 5. The van der Waals surface area contributed by atoms with Gasteiger partial charge < -0.3 is 20.7 Å². The molecule has 1 saturated heterocycles. The first-order valence-electron chi connectivity index (χ1n) is 7.60. The Morgan fingerprint density at radius 3 is 2.76 bits per heavy atom. The summed E-state index contributed by atoms with van der Waals surface area (Å²) in [6.45, 7) is 5.59. The Bertz CT molecular complexity index is 482. The lowest BCUT2D eigenvalue weighted by atomic mass is 10.0. The van der Waals surface area contributed by atoms with E-state index in [0.717, 1.165) is 31.6 Å². The average Bonchev–Trinajstić information content (AvgIpc) is 2.50. The van der Waals surface area contributed by atoms with Gasteiger partial charge in [-0.2, -0.15) is 0 Å². The van der Waals surface area contributed by atoms with Crippen molar-refractivity contribution in [3.63, 3.8) is 0 Å². The third kappa shape index (κ3) is 4.11. The molecule has 5 nitrogen and oxygen atoms in total. The number of esters is 1. The molecule has 1 aromatic carbocycles. The van der Waals surface area contributed by atoms with Crippen molar-refractivity contribution in [1.29, 1.82) is 0 Å². The number of piperidine rings is 1. The van der Waals surface area contributed by atoms with Crippen LogP contribution in [-0.4, -0.2) is 43.7 Å². The van der Waals surface area contributed by atoms with Gasteiger partial charge in [-0.1, -0.05) is 6.92 Å². The molecule has 3 N–H and O–H groups in total. The van der Waals surface area contributed by atoms with Gasteiger partial charge in [0.05, 0.1) is 12.7 Å². The fourth-order valence-electron chi connectivity index (χ4n) is 2.80. The summed E-state index contributed by atoms with van der Waals surface area (Å²) >= 11 is 0.